The zero-order chi connectivity index (χ0) is 25.5. The largest absolute Gasteiger partial charge is 0.448 e. The van der Waals surface area contributed by atoms with Crippen molar-refractivity contribution in [2.45, 2.75) is 50.3 Å². The molecule has 5 nitrogen and oxygen atoms in total. The molecule has 6 rings (SSSR count). The number of rotatable bonds is 6. The molecule has 3 aliphatic rings. The van der Waals surface area contributed by atoms with Crippen LogP contribution in [0.2, 0.25) is 0 Å². The molecule has 0 aromatic heterocycles. The van der Waals surface area contributed by atoms with Gasteiger partial charge in [-0.2, -0.15) is 8.78 Å². The molecule has 0 N–H and O–H groups in total. The first kappa shape index (κ1) is 23.6. The Morgan fingerprint density at radius 2 is 1.49 bits per heavy atom. The first-order valence-corrected chi connectivity index (χ1v) is 12.7. The minimum Gasteiger partial charge on any atom is -0.448 e. The summed E-state index contributed by atoms with van der Waals surface area (Å²) in [7, 11) is 0. The maximum Gasteiger partial charge on any atom is 0.410 e. The van der Waals surface area contributed by atoms with Crippen LogP contribution in [0, 0.1) is 5.92 Å². The fourth-order valence-corrected chi connectivity index (χ4v) is 6.42. The first-order chi connectivity index (χ1) is 18.0. The van der Waals surface area contributed by atoms with Gasteiger partial charge in [0.2, 0.25) is 0 Å². The molecule has 190 valence electrons. The summed E-state index contributed by atoms with van der Waals surface area (Å²) in [5.41, 5.74) is 5.06. The van der Waals surface area contributed by atoms with Crippen LogP contribution < -0.4 is 4.74 Å². The van der Waals surface area contributed by atoms with Gasteiger partial charge in [0.15, 0.2) is 5.78 Å². The van der Waals surface area contributed by atoms with Gasteiger partial charge in [-0.25, -0.2) is 4.79 Å². The molecular weight excluding hydrogens is 476 g/mol. The summed E-state index contributed by atoms with van der Waals surface area (Å²) in [6, 6.07) is 22.3. The van der Waals surface area contributed by atoms with E-state index in [1.807, 2.05) is 29.2 Å². The molecular formula is C30H27F2NO4. The lowest BCUT2D eigenvalue weighted by Gasteiger charge is -2.37. The van der Waals surface area contributed by atoms with Crippen LogP contribution in [0.5, 0.6) is 5.75 Å². The van der Waals surface area contributed by atoms with Crippen molar-refractivity contribution in [1.29, 1.82) is 0 Å². The fraction of sp³-hybridized carbons (Fsp3) is 0.333. The number of hydrogen-bond donors (Lipinski definition) is 0. The zero-order valence-corrected chi connectivity index (χ0v) is 20.2. The second-order valence-electron chi connectivity index (χ2n) is 10.0. The fourth-order valence-electron chi connectivity index (χ4n) is 6.42. The van der Waals surface area contributed by atoms with Crippen molar-refractivity contribution < 1.29 is 27.8 Å². The van der Waals surface area contributed by atoms with Crippen molar-refractivity contribution in [3.05, 3.63) is 89.5 Å². The summed E-state index contributed by atoms with van der Waals surface area (Å²) >= 11 is 0. The number of benzene rings is 3. The Balaban J connectivity index is 1.12. The Hall–Kier alpha value is -3.74. The van der Waals surface area contributed by atoms with Gasteiger partial charge in [0.05, 0.1) is 0 Å². The van der Waals surface area contributed by atoms with E-state index in [4.69, 9.17) is 4.74 Å². The average Bonchev–Trinajstić information content (AvgIpc) is 3.37. The van der Waals surface area contributed by atoms with Gasteiger partial charge in [-0.1, -0.05) is 60.7 Å². The summed E-state index contributed by atoms with van der Waals surface area (Å²) < 4.78 is 35.5. The van der Waals surface area contributed by atoms with E-state index in [0.29, 0.717) is 18.4 Å². The minimum absolute atomic E-state index is 0.00384. The van der Waals surface area contributed by atoms with Crippen LogP contribution in [0.1, 0.15) is 53.1 Å². The number of amides is 1. The van der Waals surface area contributed by atoms with Gasteiger partial charge in [0.25, 0.3) is 0 Å². The first-order valence-electron chi connectivity index (χ1n) is 12.7. The van der Waals surface area contributed by atoms with Gasteiger partial charge >= 0.3 is 12.7 Å². The lowest BCUT2D eigenvalue weighted by Crippen LogP contribution is -2.48. The number of fused-ring (bicyclic) bond motifs is 5. The monoisotopic (exact) mass is 503 g/mol. The minimum atomic E-state index is -2.94. The zero-order valence-electron chi connectivity index (χ0n) is 20.2. The van der Waals surface area contributed by atoms with E-state index in [9.17, 15) is 18.4 Å². The third-order valence-corrected chi connectivity index (χ3v) is 7.99. The van der Waals surface area contributed by atoms with Crippen LogP contribution in [0.3, 0.4) is 0 Å². The van der Waals surface area contributed by atoms with Gasteiger partial charge in [-0.3, -0.25) is 4.79 Å². The van der Waals surface area contributed by atoms with Gasteiger partial charge in [-0.05, 0) is 60.1 Å². The topological polar surface area (TPSA) is 55.8 Å². The summed E-state index contributed by atoms with van der Waals surface area (Å²) in [5, 5.41) is 0. The highest BCUT2D eigenvalue weighted by Gasteiger charge is 2.46. The van der Waals surface area contributed by atoms with Gasteiger partial charge in [-0.15, -0.1) is 0 Å². The molecule has 37 heavy (non-hydrogen) atoms. The molecule has 2 fully saturated rings. The number of hydrogen-bond acceptors (Lipinski definition) is 4. The molecule has 0 saturated carbocycles. The molecule has 3 aromatic rings. The Morgan fingerprint density at radius 1 is 0.865 bits per heavy atom. The Kier molecular flexibility index (Phi) is 6.14. The number of ether oxygens (including phenoxy) is 2. The third kappa shape index (κ3) is 4.37. The molecule has 1 aliphatic carbocycles. The normalized spacial score (nSPS) is 22.0. The molecule has 3 aromatic carbocycles. The quantitative estimate of drug-likeness (QED) is 0.353. The molecule has 2 saturated heterocycles. The van der Waals surface area contributed by atoms with Crippen molar-refractivity contribution in [1.82, 2.24) is 4.90 Å². The van der Waals surface area contributed by atoms with E-state index < -0.39 is 6.61 Å². The van der Waals surface area contributed by atoms with E-state index in [1.54, 1.807) is 12.1 Å². The van der Waals surface area contributed by atoms with Crippen molar-refractivity contribution >= 4 is 11.9 Å². The van der Waals surface area contributed by atoms with E-state index in [0.717, 1.165) is 12.8 Å². The number of Topliss-reactive ketones (excluding diaryl/α,β-unsaturated/α-hetero) is 1. The van der Waals surface area contributed by atoms with E-state index in [2.05, 4.69) is 29.0 Å². The second-order valence-corrected chi connectivity index (χ2v) is 10.0. The van der Waals surface area contributed by atoms with Crippen molar-refractivity contribution in [2.75, 3.05) is 6.61 Å². The van der Waals surface area contributed by atoms with E-state index >= 15 is 0 Å². The summed E-state index contributed by atoms with van der Waals surface area (Å²) in [6.07, 6.45) is 2.41. The van der Waals surface area contributed by atoms with Crippen molar-refractivity contribution in [2.24, 2.45) is 5.92 Å². The van der Waals surface area contributed by atoms with Crippen LogP contribution in [0.25, 0.3) is 11.1 Å². The summed E-state index contributed by atoms with van der Waals surface area (Å²) in [4.78, 5) is 28.3. The Labute approximate surface area is 214 Å². The molecule has 2 unspecified atom stereocenters. The van der Waals surface area contributed by atoms with Gasteiger partial charge in [0.1, 0.15) is 12.4 Å². The van der Waals surface area contributed by atoms with Gasteiger partial charge < -0.3 is 14.4 Å². The summed E-state index contributed by atoms with van der Waals surface area (Å²) in [6.45, 7) is -2.68. The highest BCUT2D eigenvalue weighted by molar-refractivity contribution is 5.98. The number of piperidine rings is 1. The third-order valence-electron chi connectivity index (χ3n) is 7.99. The molecule has 2 aliphatic heterocycles. The predicted octanol–water partition coefficient (Wildman–Crippen LogP) is 6.66. The summed E-state index contributed by atoms with van der Waals surface area (Å²) in [5.74, 6) is -0.392. The second kappa shape index (κ2) is 9.61. The molecule has 7 heteroatoms. The van der Waals surface area contributed by atoms with Crippen molar-refractivity contribution in [3.8, 4) is 16.9 Å². The van der Waals surface area contributed by atoms with Crippen LogP contribution in [-0.4, -0.2) is 42.1 Å². The molecule has 2 heterocycles. The Bertz CT molecular complexity index is 1280. The van der Waals surface area contributed by atoms with Crippen LogP contribution in [0.15, 0.2) is 72.8 Å². The Morgan fingerprint density at radius 3 is 2.11 bits per heavy atom. The van der Waals surface area contributed by atoms with Crippen molar-refractivity contribution in [3.63, 3.8) is 0 Å². The molecule has 2 atom stereocenters. The molecule has 2 bridgehead atoms. The number of carbonyl (C=O) groups excluding carboxylic acids is 2. The molecule has 1 amide bonds. The number of halogens is 2. The van der Waals surface area contributed by atoms with Crippen LogP contribution in [-0.2, 0) is 4.74 Å². The number of nitrogens with zero attached hydrogens (tertiary/aromatic N) is 1. The lowest BCUT2D eigenvalue weighted by molar-refractivity contribution is -0.0498. The number of carbonyl (C=O) groups is 2. The highest BCUT2D eigenvalue weighted by Crippen LogP contribution is 2.45. The maximum absolute atomic E-state index is 13.3. The lowest BCUT2D eigenvalue weighted by atomic mass is 9.85. The highest BCUT2D eigenvalue weighted by atomic mass is 19.3. The van der Waals surface area contributed by atoms with Gasteiger partial charge in [0, 0.05) is 29.5 Å². The number of ketones is 1. The smallest absolute Gasteiger partial charge is 0.410 e. The molecule has 0 spiro atoms. The van der Waals surface area contributed by atoms with E-state index in [1.165, 1.54) is 34.4 Å². The predicted molar refractivity (Wildman–Crippen MR) is 134 cm³/mol. The standard InChI is InChI=1S/C30H27F2NO4/c31-29(32)37-22-7-5-6-18(16-22)28(34)19-14-20-12-13-21(15-19)33(20)30(35)36-17-27-25-10-3-1-8-23(25)24-9-2-4-11-26(24)27/h1-11,16,19-21,27,29H,12-15,17H2. The molecule has 0 radical (unpaired) electrons. The maximum atomic E-state index is 13.3. The van der Waals surface area contributed by atoms with Crippen LogP contribution >= 0.6 is 0 Å². The van der Waals surface area contributed by atoms with Crippen LogP contribution in [0.4, 0.5) is 13.6 Å². The SMILES string of the molecule is O=C(c1cccc(OC(F)F)c1)C1CC2CCC(C1)N2C(=O)OCC1c2ccccc2-c2ccccc21. The van der Waals surface area contributed by atoms with E-state index in [-0.39, 0.29) is 48.2 Å². The number of alkyl halides is 2. The average molecular weight is 504 g/mol.